The number of rotatable bonds is 5. The van der Waals surface area contributed by atoms with Gasteiger partial charge in [0.15, 0.2) is 0 Å². The van der Waals surface area contributed by atoms with Crippen molar-refractivity contribution in [3.05, 3.63) is 48.7 Å². The average molecular weight is 380 g/mol. The smallest absolute Gasteiger partial charge is 0.321 e. The Morgan fingerprint density at radius 2 is 2.00 bits per heavy atom. The minimum atomic E-state index is -0.157. The number of urea groups is 1. The van der Waals surface area contributed by atoms with Crippen LogP contribution in [-0.4, -0.2) is 52.9 Å². The van der Waals surface area contributed by atoms with E-state index in [1.807, 2.05) is 61.2 Å². The van der Waals surface area contributed by atoms with Gasteiger partial charge < -0.3 is 15.1 Å². The number of carbonyl (C=O) groups is 2. The van der Waals surface area contributed by atoms with E-state index in [1.54, 1.807) is 11.1 Å². The molecule has 1 aliphatic heterocycles. The van der Waals surface area contributed by atoms with Gasteiger partial charge in [-0.3, -0.25) is 9.78 Å². The summed E-state index contributed by atoms with van der Waals surface area (Å²) in [6, 6.07) is 13.3. The fraction of sp³-hybridized carbons (Fsp3) is 0.409. The van der Waals surface area contributed by atoms with Gasteiger partial charge in [0.2, 0.25) is 5.91 Å². The normalized spacial score (nSPS) is 16.5. The van der Waals surface area contributed by atoms with Crippen molar-refractivity contribution in [1.82, 2.24) is 14.8 Å². The fourth-order valence-corrected chi connectivity index (χ4v) is 3.65. The lowest BCUT2D eigenvalue weighted by atomic mass is 9.96. The molecule has 0 bridgehead atoms. The molecule has 0 radical (unpaired) electrons. The molecule has 3 amide bonds. The summed E-state index contributed by atoms with van der Waals surface area (Å²) in [7, 11) is 0. The van der Waals surface area contributed by atoms with Gasteiger partial charge in [-0.2, -0.15) is 0 Å². The second-order valence-electron chi connectivity index (χ2n) is 7.02. The lowest BCUT2D eigenvalue weighted by molar-refractivity contribution is -0.136. The summed E-state index contributed by atoms with van der Waals surface area (Å²) in [6.07, 6.45) is 3.44. The molecule has 1 aliphatic rings. The van der Waals surface area contributed by atoms with Crippen molar-refractivity contribution in [3.8, 4) is 11.3 Å². The van der Waals surface area contributed by atoms with Gasteiger partial charge in [0.05, 0.1) is 11.6 Å². The lowest BCUT2D eigenvalue weighted by Gasteiger charge is -2.34. The zero-order valence-corrected chi connectivity index (χ0v) is 16.6. The number of likely N-dealkylation sites (tertiary alicyclic amines) is 1. The highest BCUT2D eigenvalue weighted by atomic mass is 16.2. The van der Waals surface area contributed by atoms with Crippen LogP contribution < -0.4 is 5.32 Å². The first-order valence-electron chi connectivity index (χ1n) is 9.98. The Balaban J connectivity index is 1.65. The summed E-state index contributed by atoms with van der Waals surface area (Å²) >= 11 is 0. The molecule has 1 aromatic carbocycles. The summed E-state index contributed by atoms with van der Waals surface area (Å²) in [5.74, 6) is 0.0407. The molecule has 1 aromatic heterocycles. The predicted molar refractivity (Wildman–Crippen MR) is 111 cm³/mol. The number of hydrogen-bond donors (Lipinski definition) is 1. The first-order chi connectivity index (χ1) is 13.6. The maximum absolute atomic E-state index is 12.8. The van der Waals surface area contributed by atoms with Crippen LogP contribution in [0.25, 0.3) is 11.3 Å². The van der Waals surface area contributed by atoms with Gasteiger partial charge in [-0.05, 0) is 51.0 Å². The van der Waals surface area contributed by atoms with Gasteiger partial charge in [-0.1, -0.05) is 18.2 Å². The zero-order valence-electron chi connectivity index (χ0n) is 16.6. The highest BCUT2D eigenvalue weighted by Gasteiger charge is 2.30. The van der Waals surface area contributed by atoms with E-state index in [1.165, 1.54) is 0 Å². The summed E-state index contributed by atoms with van der Waals surface area (Å²) in [4.78, 5) is 33.4. The van der Waals surface area contributed by atoms with Crippen molar-refractivity contribution >= 4 is 17.6 Å². The molecule has 0 aliphatic carbocycles. The highest BCUT2D eigenvalue weighted by molar-refractivity contribution is 5.90. The SMILES string of the molecule is CCN(CC)C(=O)[C@H]1CCCN(C(=O)Nc2cccc(-c3ccccn3)c2)C1. The van der Waals surface area contributed by atoms with Crippen LogP contribution in [0.2, 0.25) is 0 Å². The molecular weight excluding hydrogens is 352 g/mol. The zero-order chi connectivity index (χ0) is 19.9. The Labute approximate surface area is 166 Å². The third-order valence-corrected chi connectivity index (χ3v) is 5.21. The molecule has 148 valence electrons. The van der Waals surface area contributed by atoms with Gasteiger partial charge in [0.25, 0.3) is 0 Å². The maximum Gasteiger partial charge on any atom is 0.321 e. The van der Waals surface area contributed by atoms with E-state index >= 15 is 0 Å². The second kappa shape index (κ2) is 9.35. The molecule has 1 saturated heterocycles. The van der Waals surface area contributed by atoms with Crippen molar-refractivity contribution in [1.29, 1.82) is 0 Å². The predicted octanol–water partition coefficient (Wildman–Crippen LogP) is 3.86. The number of nitrogens with zero attached hydrogens (tertiary/aromatic N) is 3. The first kappa shape index (κ1) is 19.9. The molecule has 6 heteroatoms. The van der Waals surface area contributed by atoms with Gasteiger partial charge in [0.1, 0.15) is 0 Å². The number of piperidine rings is 1. The molecule has 2 aromatic rings. The van der Waals surface area contributed by atoms with Crippen molar-refractivity contribution in [3.63, 3.8) is 0 Å². The number of anilines is 1. The number of hydrogen-bond acceptors (Lipinski definition) is 3. The summed E-state index contributed by atoms with van der Waals surface area (Å²) in [5.41, 5.74) is 2.54. The Kier molecular flexibility index (Phi) is 6.63. The molecule has 0 unspecified atom stereocenters. The van der Waals surface area contributed by atoms with Crippen LogP contribution in [-0.2, 0) is 4.79 Å². The van der Waals surface area contributed by atoms with Crippen LogP contribution in [0.3, 0.4) is 0 Å². The van der Waals surface area contributed by atoms with E-state index in [-0.39, 0.29) is 17.9 Å². The van der Waals surface area contributed by atoms with E-state index in [4.69, 9.17) is 0 Å². The van der Waals surface area contributed by atoms with Crippen molar-refractivity contribution in [2.24, 2.45) is 5.92 Å². The lowest BCUT2D eigenvalue weighted by Crippen LogP contribution is -2.47. The van der Waals surface area contributed by atoms with Crippen LogP contribution in [0, 0.1) is 5.92 Å². The molecule has 28 heavy (non-hydrogen) atoms. The molecule has 0 saturated carbocycles. The standard InChI is InChI=1S/C22H28N4O2/c1-3-25(4-2)21(27)18-10-8-14-26(16-18)22(28)24-19-11-7-9-17(15-19)20-12-5-6-13-23-20/h5-7,9,11-13,15,18H,3-4,8,10,14,16H2,1-2H3,(H,24,28)/t18-/m0/s1. The van der Waals surface area contributed by atoms with Crippen LogP contribution >= 0.6 is 0 Å². The van der Waals surface area contributed by atoms with E-state index < -0.39 is 0 Å². The largest absolute Gasteiger partial charge is 0.343 e. The van der Waals surface area contributed by atoms with Crippen molar-refractivity contribution in [2.75, 3.05) is 31.5 Å². The minimum absolute atomic E-state index is 0.112. The van der Waals surface area contributed by atoms with Crippen molar-refractivity contribution < 1.29 is 9.59 Å². The number of nitrogens with one attached hydrogen (secondary N) is 1. The summed E-state index contributed by atoms with van der Waals surface area (Å²) < 4.78 is 0. The number of carbonyl (C=O) groups excluding carboxylic acids is 2. The van der Waals surface area contributed by atoms with Gasteiger partial charge in [-0.25, -0.2) is 4.79 Å². The topological polar surface area (TPSA) is 65.5 Å². The Hall–Kier alpha value is -2.89. The van der Waals surface area contributed by atoms with Crippen LogP contribution in [0.4, 0.5) is 10.5 Å². The van der Waals surface area contributed by atoms with E-state index in [2.05, 4.69) is 10.3 Å². The molecule has 1 atom stereocenters. The van der Waals surface area contributed by atoms with Crippen LogP contribution in [0.1, 0.15) is 26.7 Å². The molecule has 3 rings (SSSR count). The molecule has 0 spiro atoms. The van der Waals surface area contributed by atoms with E-state index in [9.17, 15) is 9.59 Å². The maximum atomic E-state index is 12.8. The second-order valence-corrected chi connectivity index (χ2v) is 7.02. The monoisotopic (exact) mass is 380 g/mol. The average Bonchev–Trinajstić information content (AvgIpc) is 2.75. The summed E-state index contributed by atoms with van der Waals surface area (Å²) in [6.45, 7) is 6.54. The molecule has 1 fully saturated rings. The Morgan fingerprint density at radius 3 is 2.71 bits per heavy atom. The van der Waals surface area contributed by atoms with E-state index in [0.29, 0.717) is 26.2 Å². The number of amides is 3. The van der Waals surface area contributed by atoms with Gasteiger partial charge >= 0.3 is 6.03 Å². The number of benzene rings is 1. The van der Waals surface area contributed by atoms with Crippen LogP contribution in [0.5, 0.6) is 0 Å². The highest BCUT2D eigenvalue weighted by Crippen LogP contribution is 2.23. The van der Waals surface area contributed by atoms with Crippen molar-refractivity contribution in [2.45, 2.75) is 26.7 Å². The quantitative estimate of drug-likeness (QED) is 0.857. The fourth-order valence-electron chi connectivity index (χ4n) is 3.65. The Morgan fingerprint density at radius 1 is 1.18 bits per heavy atom. The molecule has 1 N–H and O–H groups in total. The number of aromatic nitrogens is 1. The molecule has 6 nitrogen and oxygen atoms in total. The summed E-state index contributed by atoms with van der Waals surface area (Å²) in [5, 5.41) is 2.97. The minimum Gasteiger partial charge on any atom is -0.343 e. The van der Waals surface area contributed by atoms with Gasteiger partial charge in [-0.15, -0.1) is 0 Å². The van der Waals surface area contributed by atoms with Gasteiger partial charge in [0, 0.05) is 43.6 Å². The van der Waals surface area contributed by atoms with E-state index in [0.717, 1.165) is 29.8 Å². The third-order valence-electron chi connectivity index (χ3n) is 5.21. The molecule has 2 heterocycles. The number of pyridine rings is 1. The third kappa shape index (κ3) is 4.68. The first-order valence-corrected chi connectivity index (χ1v) is 9.98. The van der Waals surface area contributed by atoms with Crippen LogP contribution in [0.15, 0.2) is 48.7 Å². The molecular formula is C22H28N4O2. The Bertz CT molecular complexity index is 805.